The molecular formula is C22H21F2N5O2. The number of halogens is 2. The molecule has 2 amide bonds. The molecule has 1 aliphatic rings. The maximum Gasteiger partial charge on any atom is 0.321 e. The fourth-order valence-corrected chi connectivity index (χ4v) is 3.32. The third-order valence-corrected chi connectivity index (χ3v) is 5.10. The maximum absolute atomic E-state index is 13.3. The molecule has 0 aliphatic carbocycles. The minimum atomic E-state index is -1.00. The van der Waals surface area contributed by atoms with Crippen molar-refractivity contribution < 1.29 is 18.3 Å². The molecule has 0 bridgehead atoms. The van der Waals surface area contributed by atoms with Gasteiger partial charge >= 0.3 is 6.03 Å². The number of nitrogens with one attached hydrogen (secondary N) is 1. The minimum absolute atomic E-state index is 0.214. The lowest BCUT2D eigenvalue weighted by Gasteiger charge is -2.35. The highest BCUT2D eigenvalue weighted by atomic mass is 19.2. The van der Waals surface area contributed by atoms with Gasteiger partial charge in [0.2, 0.25) is 0 Å². The molecule has 3 aromatic rings. The van der Waals surface area contributed by atoms with E-state index in [0.29, 0.717) is 26.2 Å². The van der Waals surface area contributed by atoms with E-state index in [1.54, 1.807) is 12.0 Å². The highest BCUT2D eigenvalue weighted by molar-refractivity contribution is 5.89. The van der Waals surface area contributed by atoms with E-state index < -0.39 is 11.6 Å². The first-order chi connectivity index (χ1) is 15.0. The summed E-state index contributed by atoms with van der Waals surface area (Å²) < 4.78 is 31.5. The molecule has 0 spiro atoms. The molecule has 0 saturated carbocycles. The van der Waals surface area contributed by atoms with Crippen LogP contribution in [0, 0.1) is 11.6 Å². The number of nitrogens with zero attached hydrogens (tertiary/aromatic N) is 4. The van der Waals surface area contributed by atoms with E-state index in [4.69, 9.17) is 4.74 Å². The van der Waals surface area contributed by atoms with Crippen LogP contribution in [0.5, 0.6) is 5.75 Å². The molecular weight excluding hydrogens is 404 g/mol. The van der Waals surface area contributed by atoms with Crippen molar-refractivity contribution in [1.29, 1.82) is 0 Å². The Labute approximate surface area is 178 Å². The van der Waals surface area contributed by atoms with Gasteiger partial charge in [-0.05, 0) is 48.5 Å². The molecule has 160 valence electrons. The monoisotopic (exact) mass is 425 g/mol. The van der Waals surface area contributed by atoms with Crippen LogP contribution in [-0.4, -0.2) is 54.4 Å². The van der Waals surface area contributed by atoms with Gasteiger partial charge in [-0.25, -0.2) is 13.6 Å². The number of anilines is 2. The molecule has 1 aliphatic heterocycles. The zero-order valence-electron chi connectivity index (χ0n) is 16.9. The van der Waals surface area contributed by atoms with Crippen LogP contribution in [0.15, 0.2) is 54.6 Å². The number of aromatic nitrogens is 2. The van der Waals surface area contributed by atoms with Crippen LogP contribution in [-0.2, 0) is 0 Å². The zero-order valence-corrected chi connectivity index (χ0v) is 16.9. The summed E-state index contributed by atoms with van der Waals surface area (Å²) in [5, 5.41) is 11.2. The van der Waals surface area contributed by atoms with Crippen molar-refractivity contribution in [1.82, 2.24) is 15.1 Å². The van der Waals surface area contributed by atoms with Gasteiger partial charge in [-0.3, -0.25) is 0 Å². The quantitative estimate of drug-likeness (QED) is 0.689. The molecule has 1 saturated heterocycles. The van der Waals surface area contributed by atoms with E-state index in [-0.39, 0.29) is 11.7 Å². The smallest absolute Gasteiger partial charge is 0.321 e. The van der Waals surface area contributed by atoms with Crippen molar-refractivity contribution in [2.24, 2.45) is 0 Å². The van der Waals surface area contributed by atoms with Crippen LogP contribution >= 0.6 is 0 Å². The van der Waals surface area contributed by atoms with Gasteiger partial charge in [-0.15, -0.1) is 10.2 Å². The predicted molar refractivity (Wildman–Crippen MR) is 113 cm³/mol. The predicted octanol–water partition coefficient (Wildman–Crippen LogP) is 3.78. The van der Waals surface area contributed by atoms with Crippen LogP contribution < -0.4 is 15.0 Å². The fraction of sp³-hybridized carbons (Fsp3) is 0.227. The Bertz CT molecular complexity index is 1050. The molecule has 31 heavy (non-hydrogen) atoms. The summed E-state index contributed by atoms with van der Waals surface area (Å²) in [7, 11) is 1.62. The molecule has 1 N–H and O–H groups in total. The van der Waals surface area contributed by atoms with Crippen molar-refractivity contribution in [3.05, 3.63) is 66.2 Å². The summed E-state index contributed by atoms with van der Waals surface area (Å²) in [6, 6.07) is 14.3. The summed E-state index contributed by atoms with van der Waals surface area (Å²) in [6.45, 7) is 2.11. The summed E-state index contributed by atoms with van der Waals surface area (Å²) in [4.78, 5) is 16.1. The second-order valence-corrected chi connectivity index (χ2v) is 7.04. The first-order valence-electron chi connectivity index (χ1n) is 9.77. The first kappa shape index (κ1) is 20.5. The van der Waals surface area contributed by atoms with E-state index in [1.165, 1.54) is 6.07 Å². The van der Waals surface area contributed by atoms with Gasteiger partial charge in [0, 0.05) is 43.5 Å². The number of urea groups is 1. The second kappa shape index (κ2) is 8.95. The molecule has 7 nitrogen and oxygen atoms in total. The van der Waals surface area contributed by atoms with Crippen molar-refractivity contribution in [3.63, 3.8) is 0 Å². The van der Waals surface area contributed by atoms with E-state index >= 15 is 0 Å². The van der Waals surface area contributed by atoms with Gasteiger partial charge in [0.15, 0.2) is 17.5 Å². The Morgan fingerprint density at radius 2 is 1.68 bits per heavy atom. The highest BCUT2D eigenvalue weighted by Gasteiger charge is 2.22. The molecule has 1 aromatic heterocycles. The molecule has 1 fully saturated rings. The lowest BCUT2D eigenvalue weighted by Crippen LogP contribution is -2.50. The lowest BCUT2D eigenvalue weighted by molar-refractivity contribution is 0.208. The number of piperazine rings is 1. The average Bonchev–Trinajstić information content (AvgIpc) is 2.82. The Hall–Kier alpha value is -3.75. The third-order valence-electron chi connectivity index (χ3n) is 5.10. The zero-order chi connectivity index (χ0) is 21.8. The molecule has 0 atom stereocenters. The Morgan fingerprint density at radius 1 is 0.935 bits per heavy atom. The standard InChI is InChI=1S/C22H21F2N5O2/c1-31-17-5-2-15(3-6-17)20-8-9-21(27-26-20)28-10-12-29(13-11-28)22(30)25-16-4-7-18(23)19(24)14-16/h2-9,14H,10-13H2,1H3,(H,25,30). The van der Waals surface area contributed by atoms with E-state index in [1.807, 2.05) is 41.3 Å². The van der Waals surface area contributed by atoms with Crippen LogP contribution in [0.1, 0.15) is 0 Å². The van der Waals surface area contributed by atoms with Gasteiger partial charge < -0.3 is 19.9 Å². The number of methoxy groups -OCH3 is 1. The number of hydrogen-bond donors (Lipinski definition) is 1. The number of benzene rings is 2. The van der Waals surface area contributed by atoms with E-state index in [0.717, 1.165) is 35.0 Å². The van der Waals surface area contributed by atoms with Gasteiger partial charge in [0.25, 0.3) is 0 Å². The van der Waals surface area contributed by atoms with Gasteiger partial charge in [0.05, 0.1) is 12.8 Å². The second-order valence-electron chi connectivity index (χ2n) is 7.04. The molecule has 9 heteroatoms. The largest absolute Gasteiger partial charge is 0.497 e. The van der Waals surface area contributed by atoms with Crippen LogP contribution in [0.2, 0.25) is 0 Å². The van der Waals surface area contributed by atoms with E-state index in [2.05, 4.69) is 15.5 Å². The van der Waals surface area contributed by atoms with Gasteiger partial charge in [-0.1, -0.05) is 0 Å². The molecule has 2 aromatic carbocycles. The summed E-state index contributed by atoms with van der Waals surface area (Å²) in [5.41, 5.74) is 1.92. The normalized spacial score (nSPS) is 13.8. The number of carbonyl (C=O) groups excluding carboxylic acids is 1. The Morgan fingerprint density at radius 3 is 2.29 bits per heavy atom. The van der Waals surface area contributed by atoms with Crippen LogP contribution in [0.25, 0.3) is 11.3 Å². The highest BCUT2D eigenvalue weighted by Crippen LogP contribution is 2.22. The minimum Gasteiger partial charge on any atom is -0.497 e. The molecule has 0 radical (unpaired) electrons. The van der Waals surface area contributed by atoms with Crippen LogP contribution in [0.3, 0.4) is 0 Å². The third kappa shape index (κ3) is 4.71. The van der Waals surface area contributed by atoms with Gasteiger partial charge in [-0.2, -0.15) is 0 Å². The summed E-state index contributed by atoms with van der Waals surface area (Å²) in [6.07, 6.45) is 0. The van der Waals surface area contributed by atoms with Crippen molar-refractivity contribution in [2.75, 3.05) is 43.5 Å². The molecule has 2 heterocycles. The number of ether oxygens (including phenoxy) is 1. The van der Waals surface area contributed by atoms with E-state index in [9.17, 15) is 13.6 Å². The molecule has 4 rings (SSSR count). The summed E-state index contributed by atoms with van der Waals surface area (Å²) >= 11 is 0. The SMILES string of the molecule is COc1ccc(-c2ccc(N3CCN(C(=O)Nc4ccc(F)c(F)c4)CC3)nn2)cc1. The number of rotatable bonds is 4. The van der Waals surface area contributed by atoms with Crippen LogP contribution in [0.4, 0.5) is 25.1 Å². The number of hydrogen-bond acceptors (Lipinski definition) is 5. The Balaban J connectivity index is 1.33. The first-order valence-corrected chi connectivity index (χ1v) is 9.77. The number of carbonyl (C=O) groups is 1. The van der Waals surface area contributed by atoms with Crippen molar-refractivity contribution in [3.8, 4) is 17.0 Å². The van der Waals surface area contributed by atoms with Gasteiger partial charge in [0.1, 0.15) is 5.75 Å². The molecule has 0 unspecified atom stereocenters. The maximum atomic E-state index is 13.3. The fourth-order valence-electron chi connectivity index (χ4n) is 3.32. The lowest BCUT2D eigenvalue weighted by atomic mass is 10.1. The van der Waals surface area contributed by atoms with Crippen molar-refractivity contribution >= 4 is 17.5 Å². The van der Waals surface area contributed by atoms with Crippen molar-refractivity contribution in [2.45, 2.75) is 0 Å². The topological polar surface area (TPSA) is 70.6 Å². The summed E-state index contributed by atoms with van der Waals surface area (Å²) in [5.74, 6) is -0.442. The number of amides is 2. The Kier molecular flexibility index (Phi) is 5.92. The average molecular weight is 425 g/mol.